The second-order valence-corrected chi connectivity index (χ2v) is 14.0. The molecule has 4 amide bonds. The Hall–Kier alpha value is -6.50. The van der Waals surface area contributed by atoms with E-state index in [1.807, 2.05) is 48.5 Å². The predicted molar refractivity (Wildman–Crippen MR) is 208 cm³/mol. The van der Waals surface area contributed by atoms with Crippen LogP contribution in [0.4, 0.5) is 21.0 Å². The van der Waals surface area contributed by atoms with Gasteiger partial charge in [0.1, 0.15) is 13.2 Å². The fourth-order valence-corrected chi connectivity index (χ4v) is 5.80. The highest BCUT2D eigenvalue weighted by Gasteiger charge is 2.30. The van der Waals surface area contributed by atoms with Gasteiger partial charge < -0.3 is 29.7 Å². The normalized spacial score (nSPS) is 14.3. The number of amides is 4. The number of nitrogens with zero attached hydrogens (tertiary/aromatic N) is 2. The lowest BCUT2D eigenvalue weighted by atomic mass is 9.87. The van der Waals surface area contributed by atoms with E-state index in [4.69, 9.17) is 14.2 Å². The van der Waals surface area contributed by atoms with Crippen LogP contribution in [0.15, 0.2) is 108 Å². The van der Waals surface area contributed by atoms with Crippen LogP contribution in [0.1, 0.15) is 71.0 Å². The summed E-state index contributed by atoms with van der Waals surface area (Å²) in [7, 11) is 1.25. The molecule has 5 rings (SSSR count). The van der Waals surface area contributed by atoms with E-state index in [9.17, 15) is 24.0 Å². The second-order valence-electron chi connectivity index (χ2n) is 14.0. The maximum absolute atomic E-state index is 13.8. The Morgan fingerprint density at radius 2 is 1.38 bits per heavy atom. The van der Waals surface area contributed by atoms with Gasteiger partial charge in [0.05, 0.1) is 30.0 Å². The molecule has 1 aliphatic heterocycles. The lowest BCUT2D eigenvalue weighted by Gasteiger charge is -2.33. The summed E-state index contributed by atoms with van der Waals surface area (Å²) in [5, 5.41) is 8.29. The molecule has 1 unspecified atom stereocenters. The minimum absolute atomic E-state index is 0.0146. The summed E-state index contributed by atoms with van der Waals surface area (Å²) in [6.45, 7) is 6.64. The van der Waals surface area contributed by atoms with Crippen molar-refractivity contribution in [2.75, 3.05) is 30.8 Å². The van der Waals surface area contributed by atoms with Crippen LogP contribution < -0.4 is 16.0 Å². The highest BCUT2D eigenvalue weighted by atomic mass is 16.6. The zero-order chi connectivity index (χ0) is 39.4. The molecule has 1 heterocycles. The van der Waals surface area contributed by atoms with Crippen LogP contribution in [0.2, 0.25) is 0 Å². The highest BCUT2D eigenvalue weighted by Crippen LogP contribution is 2.28. The SMILES string of the molecule is COC(=O)c1ccc(NC(=O)C2CCCN(C(=NC(=O)OCc3ccccc3)NC(=O)OCc3ccccc3)C2)c(NC(=O)c2ccc(C(C)(C)C)cc2)c1. The van der Waals surface area contributed by atoms with Gasteiger partial charge in [-0.2, -0.15) is 0 Å². The lowest BCUT2D eigenvalue weighted by molar-refractivity contribution is -0.121. The van der Waals surface area contributed by atoms with E-state index in [2.05, 4.69) is 41.7 Å². The monoisotopic (exact) mass is 747 g/mol. The van der Waals surface area contributed by atoms with Gasteiger partial charge in [-0.3, -0.25) is 14.9 Å². The Labute approximate surface area is 320 Å². The molecule has 1 atom stereocenters. The number of methoxy groups -OCH3 is 1. The van der Waals surface area contributed by atoms with Crippen LogP contribution >= 0.6 is 0 Å². The summed E-state index contributed by atoms with van der Waals surface area (Å²) in [6.07, 6.45) is -0.780. The summed E-state index contributed by atoms with van der Waals surface area (Å²) in [4.78, 5) is 71.1. The van der Waals surface area contributed by atoms with Crippen LogP contribution in [-0.4, -0.2) is 61.0 Å². The van der Waals surface area contributed by atoms with Gasteiger partial charge in [-0.25, -0.2) is 14.4 Å². The second kappa shape index (κ2) is 18.5. The van der Waals surface area contributed by atoms with Crippen molar-refractivity contribution in [1.82, 2.24) is 10.2 Å². The fraction of sp³-hybridized carbons (Fsp3) is 0.286. The Balaban J connectivity index is 1.32. The maximum Gasteiger partial charge on any atom is 0.437 e. The molecule has 4 aromatic carbocycles. The molecule has 0 aromatic heterocycles. The zero-order valence-electron chi connectivity index (χ0n) is 31.3. The van der Waals surface area contributed by atoms with Crippen molar-refractivity contribution in [1.29, 1.82) is 0 Å². The number of benzene rings is 4. The number of guanidine groups is 1. The largest absolute Gasteiger partial charge is 0.465 e. The lowest BCUT2D eigenvalue weighted by Crippen LogP contribution is -2.50. The molecule has 55 heavy (non-hydrogen) atoms. The molecule has 0 bridgehead atoms. The van der Waals surface area contributed by atoms with E-state index in [0.717, 1.165) is 16.7 Å². The number of rotatable bonds is 9. The van der Waals surface area contributed by atoms with Gasteiger partial charge >= 0.3 is 18.2 Å². The summed E-state index contributed by atoms with van der Waals surface area (Å²) < 4.78 is 15.6. The number of nitrogens with one attached hydrogen (secondary N) is 3. The Kier molecular flexibility index (Phi) is 13.4. The smallest absolute Gasteiger partial charge is 0.437 e. The number of hydrogen-bond donors (Lipinski definition) is 3. The van der Waals surface area contributed by atoms with Crippen LogP contribution in [0.5, 0.6) is 0 Å². The van der Waals surface area contributed by atoms with Crippen LogP contribution in [0, 0.1) is 5.92 Å². The van der Waals surface area contributed by atoms with Gasteiger partial charge in [-0.15, -0.1) is 4.99 Å². The number of esters is 1. The fourth-order valence-electron chi connectivity index (χ4n) is 5.80. The molecule has 0 radical (unpaired) electrons. The van der Waals surface area contributed by atoms with E-state index >= 15 is 0 Å². The number of hydrogen-bond acceptors (Lipinski definition) is 8. The summed E-state index contributed by atoms with van der Waals surface area (Å²) in [5.74, 6) is -2.20. The Bertz CT molecular complexity index is 2010. The highest BCUT2D eigenvalue weighted by molar-refractivity contribution is 6.08. The van der Waals surface area contributed by atoms with Crippen LogP contribution in [0.25, 0.3) is 0 Å². The van der Waals surface area contributed by atoms with Gasteiger partial charge in [-0.05, 0) is 65.3 Å². The molecule has 13 nitrogen and oxygen atoms in total. The third kappa shape index (κ3) is 11.5. The number of aliphatic imine (C=N–C) groups is 1. The molecule has 286 valence electrons. The number of piperidine rings is 1. The first-order chi connectivity index (χ1) is 26.4. The average molecular weight is 748 g/mol. The van der Waals surface area contributed by atoms with Crippen molar-refractivity contribution in [3.05, 3.63) is 131 Å². The van der Waals surface area contributed by atoms with E-state index in [1.54, 1.807) is 41.3 Å². The van der Waals surface area contributed by atoms with Gasteiger partial charge in [0, 0.05) is 18.7 Å². The van der Waals surface area contributed by atoms with Gasteiger partial charge in [0.25, 0.3) is 5.91 Å². The minimum Gasteiger partial charge on any atom is -0.465 e. The number of alkyl carbamates (subject to hydrolysis) is 1. The molecule has 0 spiro atoms. The summed E-state index contributed by atoms with van der Waals surface area (Å²) in [5.41, 5.74) is 3.50. The number of anilines is 2. The van der Waals surface area contributed by atoms with E-state index in [0.29, 0.717) is 24.9 Å². The molecule has 3 N–H and O–H groups in total. The predicted octanol–water partition coefficient (Wildman–Crippen LogP) is 7.29. The van der Waals surface area contributed by atoms with Gasteiger partial charge in [0.2, 0.25) is 11.9 Å². The molecule has 13 heteroatoms. The third-order valence-corrected chi connectivity index (χ3v) is 8.88. The molecule has 4 aromatic rings. The third-order valence-electron chi connectivity index (χ3n) is 8.88. The maximum atomic E-state index is 13.8. The van der Waals surface area contributed by atoms with Crippen molar-refractivity contribution >= 4 is 47.3 Å². The minimum atomic E-state index is -0.937. The van der Waals surface area contributed by atoms with Crippen molar-refractivity contribution in [3.8, 4) is 0 Å². The van der Waals surface area contributed by atoms with E-state index < -0.39 is 35.9 Å². The molecule has 1 fully saturated rings. The van der Waals surface area contributed by atoms with E-state index in [-0.39, 0.29) is 48.1 Å². The number of carbonyl (C=O) groups is 5. The Morgan fingerprint density at radius 1 is 0.764 bits per heavy atom. The van der Waals surface area contributed by atoms with Crippen LogP contribution in [-0.2, 0) is 37.6 Å². The summed E-state index contributed by atoms with van der Waals surface area (Å²) >= 11 is 0. The molecule has 0 aliphatic carbocycles. The van der Waals surface area contributed by atoms with Gasteiger partial charge in [-0.1, -0.05) is 93.6 Å². The van der Waals surface area contributed by atoms with Crippen LogP contribution in [0.3, 0.4) is 0 Å². The molecule has 1 aliphatic rings. The molecule has 0 saturated carbocycles. The topological polar surface area (TPSA) is 165 Å². The van der Waals surface area contributed by atoms with E-state index in [1.165, 1.54) is 25.3 Å². The summed E-state index contributed by atoms with van der Waals surface area (Å²) in [6, 6.07) is 29.8. The van der Waals surface area contributed by atoms with Crippen molar-refractivity contribution in [2.24, 2.45) is 10.9 Å². The van der Waals surface area contributed by atoms with Crippen molar-refractivity contribution in [2.45, 2.75) is 52.2 Å². The molecule has 1 saturated heterocycles. The Morgan fingerprint density at radius 3 is 2.00 bits per heavy atom. The van der Waals surface area contributed by atoms with Crippen molar-refractivity contribution < 1.29 is 38.2 Å². The first-order valence-electron chi connectivity index (χ1n) is 17.9. The standard InChI is InChI=1S/C42H45N5O8/c1-42(2,3)33-20-17-30(18-21-33)36(48)44-35-24-31(38(50)53-4)19-22-34(35)43-37(49)32-16-11-23-47(25-32)39(45-40(51)54-26-28-12-7-5-8-13-28)46-41(52)55-27-29-14-9-6-10-15-29/h5-10,12-15,17-22,24,32H,11,16,23,25-27H2,1-4H3,(H,43,49)(H,44,48)(H,45,46,51,52). The quantitative estimate of drug-likeness (QED) is 0.0690. The molecular weight excluding hydrogens is 702 g/mol. The molecular formula is C42H45N5O8. The average Bonchev–Trinajstić information content (AvgIpc) is 3.19. The first-order valence-corrected chi connectivity index (χ1v) is 17.9. The number of likely N-dealkylation sites (tertiary alicyclic amines) is 1. The van der Waals surface area contributed by atoms with Crippen molar-refractivity contribution in [3.63, 3.8) is 0 Å². The first kappa shape index (κ1) is 39.7. The number of ether oxygens (including phenoxy) is 3. The zero-order valence-corrected chi connectivity index (χ0v) is 31.3. The number of carbonyl (C=O) groups excluding carboxylic acids is 5. The van der Waals surface area contributed by atoms with Gasteiger partial charge in [0.15, 0.2) is 0 Å².